The van der Waals surface area contributed by atoms with E-state index in [-0.39, 0.29) is 25.2 Å². The number of carbonyl (C=O) groups excluding carboxylic acids is 1. The number of carbonyl (C=O) groups is 1. The fourth-order valence-corrected chi connectivity index (χ4v) is 3.19. The summed E-state index contributed by atoms with van der Waals surface area (Å²) in [5, 5.41) is 19.4. The van der Waals surface area contributed by atoms with E-state index in [9.17, 15) is 15.0 Å². The topological polar surface area (TPSA) is 70.0 Å². The zero-order chi connectivity index (χ0) is 18.7. The zero-order valence-corrected chi connectivity index (χ0v) is 15.2. The van der Waals surface area contributed by atoms with Gasteiger partial charge in [-0.1, -0.05) is 24.3 Å². The molecule has 1 heterocycles. The molecule has 0 bridgehead atoms. The average Bonchev–Trinajstić information content (AvgIpc) is 3.04. The van der Waals surface area contributed by atoms with Gasteiger partial charge in [0.1, 0.15) is 11.4 Å². The standard InChI is InChI=1S/C21H25NO4/c1-15(2)26-19-8-4-6-17(12-19)16-5-3-7-18(11-16)20(24)22-10-9-21(25,13-22)14-23/h3-8,11-12,15,23,25H,9-10,13-14H2,1-2H3/t21-/m0/s1. The molecule has 3 rings (SSSR count). The Morgan fingerprint density at radius 3 is 2.54 bits per heavy atom. The highest BCUT2D eigenvalue weighted by Gasteiger charge is 2.37. The van der Waals surface area contributed by atoms with Gasteiger partial charge in [-0.25, -0.2) is 0 Å². The van der Waals surface area contributed by atoms with Crippen LogP contribution in [-0.2, 0) is 0 Å². The Bertz CT molecular complexity index is 789. The van der Waals surface area contributed by atoms with Crippen molar-refractivity contribution in [2.75, 3.05) is 19.7 Å². The fourth-order valence-electron chi connectivity index (χ4n) is 3.19. The second-order valence-electron chi connectivity index (χ2n) is 7.13. The number of nitrogens with zero attached hydrogens (tertiary/aromatic N) is 1. The molecule has 2 aromatic carbocycles. The molecule has 0 saturated carbocycles. The Morgan fingerprint density at radius 2 is 1.88 bits per heavy atom. The van der Waals surface area contributed by atoms with Crippen LogP contribution >= 0.6 is 0 Å². The van der Waals surface area contributed by atoms with Gasteiger partial charge in [-0.3, -0.25) is 4.79 Å². The van der Waals surface area contributed by atoms with Crippen LogP contribution in [0.25, 0.3) is 11.1 Å². The van der Waals surface area contributed by atoms with Gasteiger partial charge in [0.05, 0.1) is 19.3 Å². The lowest BCUT2D eigenvalue weighted by molar-refractivity contribution is -0.00455. The molecule has 5 nitrogen and oxygen atoms in total. The van der Waals surface area contributed by atoms with Crippen molar-refractivity contribution < 1.29 is 19.7 Å². The highest BCUT2D eigenvalue weighted by Crippen LogP contribution is 2.27. The predicted molar refractivity (Wildman–Crippen MR) is 100 cm³/mol. The van der Waals surface area contributed by atoms with Crippen LogP contribution in [0.15, 0.2) is 48.5 Å². The molecule has 1 fully saturated rings. The fraction of sp³-hybridized carbons (Fsp3) is 0.381. The molecule has 138 valence electrons. The molecule has 1 atom stereocenters. The number of hydrogen-bond donors (Lipinski definition) is 2. The summed E-state index contributed by atoms with van der Waals surface area (Å²) < 4.78 is 5.74. The second kappa shape index (κ2) is 7.48. The van der Waals surface area contributed by atoms with Gasteiger partial charge in [0.2, 0.25) is 0 Å². The summed E-state index contributed by atoms with van der Waals surface area (Å²) in [6, 6.07) is 15.2. The van der Waals surface area contributed by atoms with Crippen LogP contribution in [0.4, 0.5) is 0 Å². The average molecular weight is 355 g/mol. The van der Waals surface area contributed by atoms with E-state index >= 15 is 0 Å². The first-order valence-electron chi connectivity index (χ1n) is 8.90. The maximum Gasteiger partial charge on any atom is 0.253 e. The highest BCUT2D eigenvalue weighted by atomic mass is 16.5. The number of β-amino-alcohol motifs (C(OH)–C–C–N with tert-alkyl or cyclic N) is 1. The molecule has 2 N–H and O–H groups in total. The van der Waals surface area contributed by atoms with Gasteiger partial charge in [-0.2, -0.15) is 0 Å². The molecule has 0 aliphatic carbocycles. The summed E-state index contributed by atoms with van der Waals surface area (Å²) in [6.45, 7) is 4.23. The largest absolute Gasteiger partial charge is 0.491 e. The van der Waals surface area contributed by atoms with E-state index in [1.165, 1.54) is 0 Å². The first-order chi connectivity index (χ1) is 12.4. The number of hydrogen-bond acceptors (Lipinski definition) is 4. The van der Waals surface area contributed by atoms with Crippen LogP contribution in [0.1, 0.15) is 30.6 Å². The Balaban J connectivity index is 1.82. The van der Waals surface area contributed by atoms with E-state index in [1.54, 1.807) is 11.0 Å². The van der Waals surface area contributed by atoms with Gasteiger partial charge in [0.25, 0.3) is 5.91 Å². The third kappa shape index (κ3) is 4.06. The molecule has 0 spiro atoms. The van der Waals surface area contributed by atoms with Gasteiger partial charge in [0, 0.05) is 12.1 Å². The summed E-state index contributed by atoms with van der Waals surface area (Å²) in [5.41, 5.74) is 1.29. The molecule has 26 heavy (non-hydrogen) atoms. The van der Waals surface area contributed by atoms with Crippen molar-refractivity contribution in [2.24, 2.45) is 0 Å². The van der Waals surface area contributed by atoms with E-state index in [4.69, 9.17) is 4.74 Å². The number of aliphatic hydroxyl groups is 2. The lowest BCUT2D eigenvalue weighted by atomic mass is 10.0. The Morgan fingerprint density at radius 1 is 1.19 bits per heavy atom. The van der Waals surface area contributed by atoms with Crippen LogP contribution in [-0.4, -0.2) is 52.4 Å². The normalized spacial score (nSPS) is 19.8. The van der Waals surface area contributed by atoms with E-state index in [1.807, 2.05) is 56.3 Å². The molecule has 0 radical (unpaired) electrons. The number of amides is 1. The predicted octanol–water partition coefficient (Wildman–Crippen LogP) is 2.71. The SMILES string of the molecule is CC(C)Oc1cccc(-c2cccc(C(=O)N3CC[C@@](O)(CO)C3)c2)c1. The third-order valence-corrected chi connectivity index (χ3v) is 4.56. The quantitative estimate of drug-likeness (QED) is 0.865. The van der Waals surface area contributed by atoms with Gasteiger partial charge in [0.15, 0.2) is 0 Å². The van der Waals surface area contributed by atoms with Crippen molar-refractivity contribution in [3.05, 3.63) is 54.1 Å². The van der Waals surface area contributed by atoms with Crippen LogP contribution in [0.3, 0.4) is 0 Å². The number of benzene rings is 2. The van der Waals surface area contributed by atoms with Crippen molar-refractivity contribution in [1.82, 2.24) is 4.90 Å². The first-order valence-corrected chi connectivity index (χ1v) is 8.90. The Labute approximate surface area is 153 Å². The number of rotatable bonds is 5. The van der Waals surface area contributed by atoms with E-state index in [2.05, 4.69) is 0 Å². The Kier molecular flexibility index (Phi) is 5.30. The molecular weight excluding hydrogens is 330 g/mol. The minimum Gasteiger partial charge on any atom is -0.491 e. The smallest absolute Gasteiger partial charge is 0.253 e. The van der Waals surface area contributed by atoms with Crippen LogP contribution < -0.4 is 4.74 Å². The van der Waals surface area contributed by atoms with Crippen molar-refractivity contribution in [3.8, 4) is 16.9 Å². The molecule has 2 aromatic rings. The molecule has 1 amide bonds. The van der Waals surface area contributed by atoms with Crippen LogP contribution in [0.2, 0.25) is 0 Å². The van der Waals surface area contributed by atoms with Crippen LogP contribution in [0, 0.1) is 0 Å². The van der Waals surface area contributed by atoms with Gasteiger partial charge in [-0.05, 0) is 55.7 Å². The van der Waals surface area contributed by atoms with Crippen molar-refractivity contribution in [1.29, 1.82) is 0 Å². The van der Waals surface area contributed by atoms with Gasteiger partial charge < -0.3 is 19.8 Å². The highest BCUT2D eigenvalue weighted by molar-refractivity contribution is 5.95. The summed E-state index contributed by atoms with van der Waals surface area (Å²) in [4.78, 5) is 14.3. The van der Waals surface area contributed by atoms with Crippen molar-refractivity contribution in [3.63, 3.8) is 0 Å². The zero-order valence-electron chi connectivity index (χ0n) is 15.2. The van der Waals surface area contributed by atoms with Crippen molar-refractivity contribution in [2.45, 2.75) is 32.0 Å². The maximum absolute atomic E-state index is 12.8. The van der Waals surface area contributed by atoms with E-state index < -0.39 is 5.60 Å². The number of aliphatic hydroxyl groups excluding tert-OH is 1. The molecule has 1 saturated heterocycles. The minimum atomic E-state index is -1.18. The summed E-state index contributed by atoms with van der Waals surface area (Å²) in [5.74, 6) is 0.660. The molecule has 5 heteroatoms. The van der Waals surface area contributed by atoms with E-state index in [0.29, 0.717) is 18.5 Å². The first kappa shape index (κ1) is 18.4. The summed E-state index contributed by atoms with van der Waals surface area (Å²) in [6.07, 6.45) is 0.488. The third-order valence-electron chi connectivity index (χ3n) is 4.56. The lowest BCUT2D eigenvalue weighted by Crippen LogP contribution is -2.38. The number of likely N-dealkylation sites (tertiary alicyclic amines) is 1. The lowest BCUT2D eigenvalue weighted by Gasteiger charge is -2.21. The van der Waals surface area contributed by atoms with Crippen LogP contribution in [0.5, 0.6) is 5.75 Å². The molecule has 0 unspecified atom stereocenters. The summed E-state index contributed by atoms with van der Waals surface area (Å²) in [7, 11) is 0. The minimum absolute atomic E-state index is 0.0959. The molecule has 1 aliphatic rings. The monoisotopic (exact) mass is 355 g/mol. The maximum atomic E-state index is 12.8. The van der Waals surface area contributed by atoms with E-state index in [0.717, 1.165) is 16.9 Å². The van der Waals surface area contributed by atoms with Gasteiger partial charge >= 0.3 is 0 Å². The molecular formula is C21H25NO4. The van der Waals surface area contributed by atoms with Crippen molar-refractivity contribution >= 4 is 5.91 Å². The second-order valence-corrected chi connectivity index (χ2v) is 7.13. The summed E-state index contributed by atoms with van der Waals surface area (Å²) >= 11 is 0. The molecule has 0 aromatic heterocycles. The van der Waals surface area contributed by atoms with Gasteiger partial charge in [-0.15, -0.1) is 0 Å². The molecule has 1 aliphatic heterocycles. The Hall–Kier alpha value is -2.37. The number of ether oxygens (including phenoxy) is 1.